The van der Waals surface area contributed by atoms with E-state index in [4.69, 9.17) is 0 Å². The van der Waals surface area contributed by atoms with E-state index >= 15 is 0 Å². The normalized spacial score (nSPS) is 22.3. The Balaban J connectivity index is 1.25. The summed E-state index contributed by atoms with van der Waals surface area (Å²) in [7, 11) is 1.87. The Morgan fingerprint density at radius 3 is 2.56 bits per heavy atom. The summed E-state index contributed by atoms with van der Waals surface area (Å²) in [5, 5.41) is 3.27. The highest BCUT2D eigenvalue weighted by Gasteiger charge is 2.46. The van der Waals surface area contributed by atoms with Crippen LogP contribution >= 0.6 is 0 Å². The highest BCUT2D eigenvalue weighted by Crippen LogP contribution is 2.40. The van der Waals surface area contributed by atoms with Crippen LogP contribution in [0.4, 0.5) is 13.6 Å². The van der Waals surface area contributed by atoms with Crippen LogP contribution in [0.3, 0.4) is 0 Å². The molecule has 3 heterocycles. The smallest absolute Gasteiger partial charge is 0.320 e. The lowest BCUT2D eigenvalue weighted by Gasteiger charge is -2.51. The van der Waals surface area contributed by atoms with Gasteiger partial charge in [0.05, 0.1) is 6.04 Å². The van der Waals surface area contributed by atoms with Crippen molar-refractivity contribution >= 4 is 6.03 Å². The number of pyridine rings is 1. The number of nitrogens with one attached hydrogen (secondary N) is 2. The number of halogens is 2. The van der Waals surface area contributed by atoms with Gasteiger partial charge in [-0.2, -0.15) is 0 Å². The SMILES string of the molecule is CN[C@@H]1CCN(C(=O)N2CCN(Cc3cc(-c4ccccc4)c(C)[nH]c3=O)C3(CCCC3)C2)[C@H](c2cc(F)ccc2F)C1. The Labute approximate surface area is 251 Å². The van der Waals surface area contributed by atoms with Crippen LogP contribution in [-0.4, -0.2) is 70.5 Å². The summed E-state index contributed by atoms with van der Waals surface area (Å²) < 4.78 is 29.2. The summed E-state index contributed by atoms with van der Waals surface area (Å²) in [5.74, 6) is -0.994. The van der Waals surface area contributed by atoms with Crippen LogP contribution in [0.1, 0.15) is 61.4 Å². The minimum absolute atomic E-state index is 0.0730. The molecule has 9 heteroatoms. The van der Waals surface area contributed by atoms with Crippen LogP contribution in [0.2, 0.25) is 0 Å². The summed E-state index contributed by atoms with van der Waals surface area (Å²) >= 11 is 0. The van der Waals surface area contributed by atoms with Gasteiger partial charge in [0.25, 0.3) is 5.56 Å². The van der Waals surface area contributed by atoms with Gasteiger partial charge in [-0.25, -0.2) is 13.6 Å². The van der Waals surface area contributed by atoms with Crippen molar-refractivity contribution in [2.75, 3.05) is 33.2 Å². The number of hydrogen-bond donors (Lipinski definition) is 2. The first kappa shape index (κ1) is 29.5. The molecule has 3 aliphatic rings. The first-order valence-corrected chi connectivity index (χ1v) is 15.5. The highest BCUT2D eigenvalue weighted by molar-refractivity contribution is 5.75. The molecule has 2 atom stereocenters. The van der Waals surface area contributed by atoms with Gasteiger partial charge in [-0.1, -0.05) is 43.2 Å². The van der Waals surface area contributed by atoms with Gasteiger partial charge in [0.15, 0.2) is 0 Å². The molecule has 2 N–H and O–H groups in total. The quantitative estimate of drug-likeness (QED) is 0.406. The molecule has 3 fully saturated rings. The van der Waals surface area contributed by atoms with Crippen LogP contribution in [0.5, 0.6) is 0 Å². The number of benzene rings is 2. The highest BCUT2D eigenvalue weighted by atomic mass is 19.1. The molecule has 228 valence electrons. The van der Waals surface area contributed by atoms with E-state index in [-0.39, 0.29) is 28.7 Å². The van der Waals surface area contributed by atoms with Gasteiger partial charge in [-0.15, -0.1) is 0 Å². The van der Waals surface area contributed by atoms with Crippen LogP contribution < -0.4 is 10.9 Å². The zero-order valence-electron chi connectivity index (χ0n) is 25.0. The van der Waals surface area contributed by atoms with E-state index in [9.17, 15) is 18.4 Å². The summed E-state index contributed by atoms with van der Waals surface area (Å²) in [6.45, 7) is 4.64. The number of carbonyl (C=O) groups is 1. The topological polar surface area (TPSA) is 71.7 Å². The number of nitrogens with zero attached hydrogens (tertiary/aromatic N) is 3. The van der Waals surface area contributed by atoms with Crippen molar-refractivity contribution in [1.29, 1.82) is 0 Å². The standard InChI is InChI=1S/C34H41F2N5O2/c1-23-28(24-8-4-3-5-9-24)18-25(32(42)38-23)21-40-17-16-39(22-34(40)13-6-7-14-34)33(43)41-15-12-27(37-2)20-31(41)29-19-26(35)10-11-30(29)36/h3-5,8-11,18-19,27,31,37H,6-7,12-17,20-22H2,1-2H3,(H,38,42)/t27-,31+/m1/s1. The number of aryl methyl sites for hydroxylation is 1. The molecule has 2 aliphatic heterocycles. The van der Waals surface area contributed by atoms with Crippen molar-refractivity contribution in [2.45, 2.75) is 69.6 Å². The van der Waals surface area contributed by atoms with E-state index in [1.54, 1.807) is 4.90 Å². The maximum atomic E-state index is 15.0. The average molecular weight is 590 g/mol. The summed E-state index contributed by atoms with van der Waals surface area (Å²) in [5.41, 5.74) is 3.59. The minimum atomic E-state index is -0.547. The number of amides is 2. The minimum Gasteiger partial charge on any atom is -0.326 e. The molecule has 3 aromatic rings. The van der Waals surface area contributed by atoms with Gasteiger partial charge in [0, 0.05) is 66.7 Å². The molecule has 1 spiro atoms. The van der Waals surface area contributed by atoms with Gasteiger partial charge in [0.2, 0.25) is 0 Å². The van der Waals surface area contributed by atoms with Crippen molar-refractivity contribution in [3.8, 4) is 11.1 Å². The summed E-state index contributed by atoms with van der Waals surface area (Å²) in [4.78, 5) is 36.5. The van der Waals surface area contributed by atoms with E-state index < -0.39 is 17.7 Å². The van der Waals surface area contributed by atoms with Crippen molar-refractivity contribution in [1.82, 2.24) is 25.0 Å². The van der Waals surface area contributed by atoms with Crippen LogP contribution in [0.25, 0.3) is 11.1 Å². The number of carbonyl (C=O) groups excluding carboxylic acids is 1. The first-order chi connectivity index (χ1) is 20.8. The third-order valence-corrected chi connectivity index (χ3v) is 9.94. The maximum absolute atomic E-state index is 15.0. The number of likely N-dealkylation sites (tertiary alicyclic amines) is 1. The molecule has 43 heavy (non-hydrogen) atoms. The number of piperazine rings is 1. The number of aromatic nitrogens is 1. The fraction of sp³-hybridized carbons (Fsp3) is 0.471. The van der Waals surface area contributed by atoms with Gasteiger partial charge >= 0.3 is 6.03 Å². The number of rotatable bonds is 5. The van der Waals surface area contributed by atoms with Gasteiger partial charge in [0.1, 0.15) is 11.6 Å². The van der Waals surface area contributed by atoms with E-state index in [0.29, 0.717) is 39.1 Å². The number of hydrogen-bond acceptors (Lipinski definition) is 4. The lowest BCUT2D eigenvalue weighted by Crippen LogP contribution is -2.64. The Bertz CT molecular complexity index is 1520. The van der Waals surface area contributed by atoms with E-state index in [2.05, 4.69) is 27.3 Å². The van der Waals surface area contributed by atoms with Gasteiger partial charge in [-0.3, -0.25) is 9.69 Å². The van der Waals surface area contributed by atoms with Crippen LogP contribution in [0.15, 0.2) is 59.4 Å². The monoisotopic (exact) mass is 589 g/mol. The molecule has 1 saturated carbocycles. The zero-order valence-corrected chi connectivity index (χ0v) is 25.0. The fourth-order valence-electron chi connectivity index (χ4n) is 7.54. The molecule has 7 nitrogen and oxygen atoms in total. The van der Waals surface area contributed by atoms with Gasteiger partial charge < -0.3 is 20.1 Å². The summed E-state index contributed by atoms with van der Waals surface area (Å²) in [6, 6.07) is 15.1. The lowest BCUT2D eigenvalue weighted by atomic mass is 9.90. The van der Waals surface area contributed by atoms with Crippen LogP contribution in [-0.2, 0) is 6.54 Å². The Morgan fingerprint density at radius 1 is 1.05 bits per heavy atom. The number of aromatic amines is 1. The van der Waals surface area contributed by atoms with Gasteiger partial charge in [-0.05, 0) is 69.5 Å². The molecule has 6 rings (SSSR count). The van der Waals surface area contributed by atoms with E-state index in [0.717, 1.165) is 66.6 Å². The molecule has 0 bridgehead atoms. The number of urea groups is 1. The molecular weight excluding hydrogens is 548 g/mol. The predicted octanol–water partition coefficient (Wildman–Crippen LogP) is 5.60. The Kier molecular flexibility index (Phi) is 8.38. The largest absolute Gasteiger partial charge is 0.326 e. The van der Waals surface area contributed by atoms with Crippen LogP contribution in [0, 0.1) is 18.6 Å². The molecule has 1 aromatic heterocycles. The Hall–Kier alpha value is -3.56. The molecule has 0 radical (unpaired) electrons. The third-order valence-electron chi connectivity index (χ3n) is 9.94. The predicted molar refractivity (Wildman–Crippen MR) is 164 cm³/mol. The second kappa shape index (κ2) is 12.2. The number of piperidine rings is 1. The van der Waals surface area contributed by atoms with E-state index in [1.807, 2.05) is 43.1 Å². The average Bonchev–Trinajstić information content (AvgIpc) is 3.49. The molecular formula is C34H41F2N5O2. The number of H-pyrrole nitrogens is 1. The summed E-state index contributed by atoms with van der Waals surface area (Å²) in [6.07, 6.45) is 5.33. The maximum Gasteiger partial charge on any atom is 0.320 e. The zero-order chi connectivity index (χ0) is 30.1. The first-order valence-electron chi connectivity index (χ1n) is 15.5. The molecule has 2 aromatic carbocycles. The second-order valence-corrected chi connectivity index (χ2v) is 12.5. The van der Waals surface area contributed by atoms with Crippen molar-refractivity contribution in [3.05, 3.63) is 93.4 Å². The fourth-order valence-corrected chi connectivity index (χ4v) is 7.54. The van der Waals surface area contributed by atoms with Crippen molar-refractivity contribution in [3.63, 3.8) is 0 Å². The molecule has 2 amide bonds. The van der Waals surface area contributed by atoms with Crippen molar-refractivity contribution in [2.24, 2.45) is 0 Å². The van der Waals surface area contributed by atoms with Crippen molar-refractivity contribution < 1.29 is 13.6 Å². The van der Waals surface area contributed by atoms with E-state index in [1.165, 1.54) is 6.07 Å². The lowest BCUT2D eigenvalue weighted by molar-refractivity contribution is -0.00239. The molecule has 0 unspecified atom stereocenters. The second-order valence-electron chi connectivity index (χ2n) is 12.5. The third kappa shape index (κ3) is 5.85. The Morgan fingerprint density at radius 2 is 1.81 bits per heavy atom. The molecule has 1 aliphatic carbocycles. The molecule has 2 saturated heterocycles.